The van der Waals surface area contributed by atoms with E-state index in [0.29, 0.717) is 19.4 Å². The van der Waals surface area contributed by atoms with Crippen molar-refractivity contribution in [3.05, 3.63) is 29.1 Å². The molecule has 1 aromatic heterocycles. The lowest BCUT2D eigenvalue weighted by molar-refractivity contribution is -0.159. The molecular weight excluding hydrogens is 312 g/mol. The van der Waals surface area contributed by atoms with Crippen molar-refractivity contribution < 1.29 is 24.2 Å². The van der Waals surface area contributed by atoms with Gasteiger partial charge in [-0.1, -0.05) is 0 Å². The molecular formula is C17H22N2O5. The number of carbonyl (C=O) groups is 3. The second kappa shape index (κ2) is 6.59. The number of aromatic nitrogens is 1. The summed E-state index contributed by atoms with van der Waals surface area (Å²) in [4.78, 5) is 41.5. The molecule has 130 valence electrons. The van der Waals surface area contributed by atoms with Gasteiger partial charge in [0.05, 0.1) is 11.3 Å². The van der Waals surface area contributed by atoms with Crippen LogP contribution >= 0.6 is 0 Å². The number of hydrogen-bond donors (Lipinski definition) is 1. The van der Waals surface area contributed by atoms with Gasteiger partial charge in [-0.25, -0.2) is 14.6 Å². The van der Waals surface area contributed by atoms with Crippen LogP contribution < -0.4 is 0 Å². The Kier molecular flexibility index (Phi) is 4.91. The molecule has 24 heavy (non-hydrogen) atoms. The molecule has 1 atom stereocenters. The van der Waals surface area contributed by atoms with Crippen molar-refractivity contribution in [1.29, 1.82) is 0 Å². The number of likely N-dealkylation sites (tertiary alicyclic amines) is 1. The van der Waals surface area contributed by atoms with Gasteiger partial charge in [0, 0.05) is 6.54 Å². The Morgan fingerprint density at radius 2 is 1.96 bits per heavy atom. The molecule has 0 aliphatic carbocycles. The van der Waals surface area contributed by atoms with Crippen molar-refractivity contribution in [1.82, 2.24) is 9.88 Å². The summed E-state index contributed by atoms with van der Waals surface area (Å²) in [5.41, 5.74) is -0.169. The fraction of sp³-hybridized carbons (Fsp3) is 0.529. The summed E-state index contributed by atoms with van der Waals surface area (Å²) in [5, 5.41) is 9.03. The van der Waals surface area contributed by atoms with E-state index in [-0.39, 0.29) is 22.9 Å². The van der Waals surface area contributed by atoms with E-state index in [1.807, 2.05) is 0 Å². The number of aryl methyl sites for hydroxylation is 1. The predicted molar refractivity (Wildman–Crippen MR) is 85.8 cm³/mol. The first-order chi connectivity index (χ1) is 11.1. The topological polar surface area (TPSA) is 96.8 Å². The molecule has 0 aromatic carbocycles. The first kappa shape index (κ1) is 17.9. The molecule has 7 nitrogen and oxygen atoms in total. The van der Waals surface area contributed by atoms with Gasteiger partial charge in [0.1, 0.15) is 17.3 Å². The highest BCUT2D eigenvalue weighted by Crippen LogP contribution is 2.23. The van der Waals surface area contributed by atoms with Crippen LogP contribution in [0, 0.1) is 6.92 Å². The number of carboxylic acid groups (broad SMARTS) is 1. The lowest BCUT2D eigenvalue weighted by Gasteiger charge is -2.27. The predicted octanol–water partition coefficient (Wildman–Crippen LogP) is 2.03. The van der Waals surface area contributed by atoms with Crippen molar-refractivity contribution in [3.8, 4) is 0 Å². The van der Waals surface area contributed by atoms with Crippen molar-refractivity contribution in [2.75, 3.05) is 6.54 Å². The molecule has 1 fully saturated rings. The second-order valence-electron chi connectivity index (χ2n) is 6.82. The van der Waals surface area contributed by atoms with Crippen LogP contribution in [0.15, 0.2) is 12.1 Å². The fourth-order valence-electron chi connectivity index (χ4n) is 2.68. The van der Waals surface area contributed by atoms with Crippen LogP contribution in [0.5, 0.6) is 0 Å². The maximum Gasteiger partial charge on any atom is 0.337 e. The van der Waals surface area contributed by atoms with Gasteiger partial charge >= 0.3 is 11.9 Å². The molecule has 1 aromatic rings. The summed E-state index contributed by atoms with van der Waals surface area (Å²) >= 11 is 0. The third kappa shape index (κ3) is 3.90. The lowest BCUT2D eigenvalue weighted by Crippen LogP contribution is -2.43. The van der Waals surface area contributed by atoms with Crippen LogP contribution in [0.2, 0.25) is 0 Å². The molecule has 1 aliphatic heterocycles. The Bertz CT molecular complexity index is 678. The van der Waals surface area contributed by atoms with Crippen LogP contribution in [-0.2, 0) is 9.53 Å². The normalized spacial score (nSPS) is 17.7. The standard InChI is InChI=1S/C17H22N2O5/c1-10-11(15(21)22)7-8-12(18-10)14(20)19-9-5-6-13(19)16(23)24-17(2,3)4/h7-8,13H,5-6,9H2,1-4H3,(H,21,22)/t13-/m0/s1. The van der Waals surface area contributed by atoms with Crippen LogP contribution in [0.3, 0.4) is 0 Å². The highest BCUT2D eigenvalue weighted by molar-refractivity contribution is 5.97. The summed E-state index contributed by atoms with van der Waals surface area (Å²) in [6.45, 7) is 7.32. The SMILES string of the molecule is Cc1nc(C(=O)N2CCC[C@H]2C(=O)OC(C)(C)C)ccc1C(=O)O. The van der Waals surface area contributed by atoms with Gasteiger partial charge in [-0.3, -0.25) is 4.79 Å². The van der Waals surface area contributed by atoms with E-state index in [4.69, 9.17) is 9.84 Å². The maximum absolute atomic E-state index is 12.7. The fourth-order valence-corrected chi connectivity index (χ4v) is 2.68. The van der Waals surface area contributed by atoms with Gasteiger partial charge in [0.25, 0.3) is 5.91 Å². The van der Waals surface area contributed by atoms with Gasteiger partial charge < -0.3 is 14.7 Å². The molecule has 0 bridgehead atoms. The molecule has 1 amide bonds. The Morgan fingerprint density at radius 1 is 1.29 bits per heavy atom. The number of esters is 1. The number of ether oxygens (including phenoxy) is 1. The molecule has 0 radical (unpaired) electrons. The van der Waals surface area contributed by atoms with Crippen LogP contribution in [-0.4, -0.2) is 51.0 Å². The summed E-state index contributed by atoms with van der Waals surface area (Å²) in [6.07, 6.45) is 1.26. The van der Waals surface area contributed by atoms with Gasteiger partial charge in [-0.15, -0.1) is 0 Å². The van der Waals surface area contributed by atoms with E-state index in [0.717, 1.165) is 0 Å². The number of pyridine rings is 1. The molecule has 0 saturated carbocycles. The Morgan fingerprint density at radius 3 is 2.50 bits per heavy atom. The van der Waals surface area contributed by atoms with Crippen LogP contribution in [0.25, 0.3) is 0 Å². The molecule has 1 saturated heterocycles. The average molecular weight is 334 g/mol. The van der Waals surface area contributed by atoms with E-state index in [9.17, 15) is 14.4 Å². The monoisotopic (exact) mass is 334 g/mol. The first-order valence-electron chi connectivity index (χ1n) is 7.85. The van der Waals surface area contributed by atoms with Crippen LogP contribution in [0.1, 0.15) is 60.2 Å². The minimum atomic E-state index is -1.09. The third-order valence-corrected chi connectivity index (χ3v) is 3.73. The van der Waals surface area contributed by atoms with Gasteiger partial charge in [0.2, 0.25) is 0 Å². The van der Waals surface area contributed by atoms with E-state index in [1.165, 1.54) is 24.0 Å². The Labute approximate surface area is 140 Å². The van der Waals surface area contributed by atoms with Gasteiger partial charge in [-0.2, -0.15) is 0 Å². The van der Waals surface area contributed by atoms with E-state index in [1.54, 1.807) is 20.8 Å². The van der Waals surface area contributed by atoms with Crippen molar-refractivity contribution in [3.63, 3.8) is 0 Å². The quantitative estimate of drug-likeness (QED) is 0.850. The van der Waals surface area contributed by atoms with E-state index in [2.05, 4.69) is 4.98 Å². The smallest absolute Gasteiger partial charge is 0.337 e. The number of carbonyl (C=O) groups excluding carboxylic acids is 2. The molecule has 1 aliphatic rings. The second-order valence-corrected chi connectivity index (χ2v) is 6.82. The number of carboxylic acids is 1. The third-order valence-electron chi connectivity index (χ3n) is 3.73. The number of nitrogens with zero attached hydrogens (tertiary/aromatic N) is 2. The van der Waals surface area contributed by atoms with Crippen molar-refractivity contribution in [2.24, 2.45) is 0 Å². The molecule has 2 heterocycles. The highest BCUT2D eigenvalue weighted by Gasteiger charge is 2.37. The van der Waals surface area contributed by atoms with Gasteiger partial charge in [-0.05, 0) is 52.7 Å². The van der Waals surface area contributed by atoms with Crippen molar-refractivity contribution in [2.45, 2.75) is 52.2 Å². The zero-order chi connectivity index (χ0) is 18.1. The molecule has 7 heteroatoms. The number of hydrogen-bond acceptors (Lipinski definition) is 5. The summed E-state index contributed by atoms with van der Waals surface area (Å²) in [6, 6.07) is 2.11. The number of amides is 1. The molecule has 2 rings (SSSR count). The Balaban J connectivity index is 2.20. The highest BCUT2D eigenvalue weighted by atomic mass is 16.6. The van der Waals surface area contributed by atoms with Crippen molar-refractivity contribution >= 4 is 17.8 Å². The largest absolute Gasteiger partial charge is 0.478 e. The minimum absolute atomic E-state index is 0.0525. The van der Waals surface area contributed by atoms with E-state index < -0.39 is 23.6 Å². The van der Waals surface area contributed by atoms with Gasteiger partial charge in [0.15, 0.2) is 0 Å². The summed E-state index contributed by atoms with van der Waals surface area (Å²) in [7, 11) is 0. The number of aromatic carboxylic acids is 1. The average Bonchev–Trinajstić information content (AvgIpc) is 2.93. The lowest BCUT2D eigenvalue weighted by atomic mass is 10.1. The van der Waals surface area contributed by atoms with Crippen LogP contribution in [0.4, 0.5) is 0 Å². The Hall–Kier alpha value is -2.44. The minimum Gasteiger partial charge on any atom is -0.478 e. The molecule has 1 N–H and O–H groups in total. The summed E-state index contributed by atoms with van der Waals surface area (Å²) in [5.74, 6) is -1.90. The number of rotatable bonds is 3. The first-order valence-corrected chi connectivity index (χ1v) is 7.85. The molecule has 0 unspecified atom stereocenters. The zero-order valence-electron chi connectivity index (χ0n) is 14.3. The zero-order valence-corrected chi connectivity index (χ0v) is 14.3. The van der Waals surface area contributed by atoms with E-state index >= 15 is 0 Å². The molecule has 0 spiro atoms. The maximum atomic E-state index is 12.7. The summed E-state index contributed by atoms with van der Waals surface area (Å²) < 4.78 is 5.38.